The molecule has 0 radical (unpaired) electrons. The van der Waals surface area contributed by atoms with Crippen molar-refractivity contribution >= 4 is 15.8 Å². The Balaban J connectivity index is 1.67. The van der Waals surface area contributed by atoms with E-state index in [-0.39, 0.29) is 35.2 Å². The summed E-state index contributed by atoms with van der Waals surface area (Å²) in [6.07, 6.45) is -2.97. The standard InChI is InChI=1S/C16H16F3N3O4S/c1-22(27(24,25)9-10-2-3-10)8-13(23)11-4-6-12(7-5-11)14-20-15(26-21-14)16(17,18)19/h4-7,10H,2-3,8-9H2,1H3. The van der Waals surface area contributed by atoms with E-state index in [2.05, 4.69) is 14.7 Å². The van der Waals surface area contributed by atoms with Crippen LogP contribution < -0.4 is 0 Å². The predicted molar refractivity (Wildman–Crippen MR) is 88.2 cm³/mol. The molecule has 0 N–H and O–H groups in total. The molecule has 0 unspecified atom stereocenters. The zero-order valence-corrected chi connectivity index (χ0v) is 15.0. The highest BCUT2D eigenvalue weighted by Crippen LogP contribution is 2.31. The quantitative estimate of drug-likeness (QED) is 0.660. The van der Waals surface area contributed by atoms with Gasteiger partial charge in [-0.05, 0) is 18.8 Å². The van der Waals surface area contributed by atoms with Crippen LogP contribution in [-0.4, -0.2) is 48.0 Å². The molecule has 2 aromatic rings. The van der Waals surface area contributed by atoms with Crippen molar-refractivity contribution in [1.29, 1.82) is 0 Å². The third-order valence-electron chi connectivity index (χ3n) is 4.12. The number of carbonyl (C=O) groups is 1. The molecule has 1 saturated carbocycles. The highest BCUT2D eigenvalue weighted by molar-refractivity contribution is 7.89. The van der Waals surface area contributed by atoms with Crippen molar-refractivity contribution in [3.63, 3.8) is 0 Å². The molecule has 0 amide bonds. The van der Waals surface area contributed by atoms with Gasteiger partial charge >= 0.3 is 12.1 Å². The van der Waals surface area contributed by atoms with Gasteiger partial charge in [-0.25, -0.2) is 8.42 Å². The first-order valence-electron chi connectivity index (χ1n) is 8.05. The molecular weight excluding hydrogens is 387 g/mol. The molecule has 1 fully saturated rings. The van der Waals surface area contributed by atoms with Gasteiger partial charge in [-0.15, -0.1) is 0 Å². The number of alkyl halides is 3. The Labute approximate surface area is 153 Å². The minimum Gasteiger partial charge on any atom is -0.329 e. The van der Waals surface area contributed by atoms with E-state index in [4.69, 9.17) is 0 Å². The molecule has 11 heteroatoms. The first-order valence-corrected chi connectivity index (χ1v) is 9.66. The second-order valence-corrected chi connectivity index (χ2v) is 8.52. The SMILES string of the molecule is CN(CC(=O)c1ccc(-c2noc(C(F)(F)F)n2)cc1)S(=O)(=O)CC1CC1. The molecule has 0 spiro atoms. The van der Waals surface area contributed by atoms with Crippen LogP contribution in [0.25, 0.3) is 11.4 Å². The lowest BCUT2D eigenvalue weighted by Crippen LogP contribution is -2.34. The Morgan fingerprint density at radius 1 is 1.26 bits per heavy atom. The predicted octanol–water partition coefficient (Wildman–Crippen LogP) is 2.61. The fourth-order valence-electron chi connectivity index (χ4n) is 2.36. The van der Waals surface area contributed by atoms with Crippen LogP contribution in [0.3, 0.4) is 0 Å². The second-order valence-electron chi connectivity index (χ2n) is 6.40. The fourth-order valence-corrected chi connectivity index (χ4v) is 3.86. The van der Waals surface area contributed by atoms with Crippen molar-refractivity contribution in [2.75, 3.05) is 19.3 Å². The van der Waals surface area contributed by atoms with Crippen LogP contribution in [0.1, 0.15) is 29.1 Å². The van der Waals surface area contributed by atoms with Crippen molar-refractivity contribution in [2.24, 2.45) is 5.92 Å². The van der Waals surface area contributed by atoms with Gasteiger partial charge in [0.15, 0.2) is 5.78 Å². The first kappa shape index (κ1) is 19.5. The van der Waals surface area contributed by atoms with E-state index in [1.807, 2.05) is 0 Å². The lowest BCUT2D eigenvalue weighted by molar-refractivity contribution is -0.159. The first-order chi connectivity index (χ1) is 12.6. The monoisotopic (exact) mass is 403 g/mol. The molecule has 0 bridgehead atoms. The average Bonchev–Trinajstić information content (AvgIpc) is 3.24. The van der Waals surface area contributed by atoms with Gasteiger partial charge in [0.2, 0.25) is 15.8 Å². The van der Waals surface area contributed by atoms with Crippen molar-refractivity contribution in [1.82, 2.24) is 14.4 Å². The van der Waals surface area contributed by atoms with Gasteiger partial charge in [0.1, 0.15) is 0 Å². The maximum atomic E-state index is 12.5. The average molecular weight is 403 g/mol. The van der Waals surface area contributed by atoms with Crippen LogP contribution in [-0.2, 0) is 16.2 Å². The molecular formula is C16H16F3N3O4S. The number of hydrogen-bond donors (Lipinski definition) is 0. The van der Waals surface area contributed by atoms with E-state index in [1.165, 1.54) is 31.3 Å². The van der Waals surface area contributed by atoms with Gasteiger partial charge in [-0.3, -0.25) is 4.79 Å². The van der Waals surface area contributed by atoms with Crippen LogP contribution in [0.2, 0.25) is 0 Å². The van der Waals surface area contributed by atoms with Crippen molar-refractivity contribution in [3.8, 4) is 11.4 Å². The summed E-state index contributed by atoms with van der Waals surface area (Å²) in [6, 6.07) is 5.50. The zero-order chi connectivity index (χ0) is 19.8. The van der Waals surface area contributed by atoms with Crippen molar-refractivity contribution < 1.29 is 30.9 Å². The number of sulfonamides is 1. The minimum atomic E-state index is -4.74. The molecule has 0 saturated heterocycles. The fraction of sp³-hybridized carbons (Fsp3) is 0.438. The molecule has 1 aliphatic carbocycles. The van der Waals surface area contributed by atoms with Crippen LogP contribution in [0.15, 0.2) is 28.8 Å². The Morgan fingerprint density at radius 2 is 1.89 bits per heavy atom. The maximum absolute atomic E-state index is 12.5. The van der Waals surface area contributed by atoms with E-state index in [1.54, 1.807) is 0 Å². The summed E-state index contributed by atoms with van der Waals surface area (Å²) >= 11 is 0. The van der Waals surface area contributed by atoms with E-state index in [9.17, 15) is 26.4 Å². The topological polar surface area (TPSA) is 93.4 Å². The maximum Gasteiger partial charge on any atom is 0.471 e. The molecule has 3 rings (SSSR count). The lowest BCUT2D eigenvalue weighted by Gasteiger charge is -2.16. The summed E-state index contributed by atoms with van der Waals surface area (Å²) < 4.78 is 66.9. The molecule has 1 heterocycles. The number of benzene rings is 1. The van der Waals surface area contributed by atoms with E-state index in [0.29, 0.717) is 0 Å². The third-order valence-corrected chi connectivity index (χ3v) is 6.09. The van der Waals surface area contributed by atoms with Gasteiger partial charge in [0.05, 0.1) is 12.3 Å². The molecule has 7 nitrogen and oxygen atoms in total. The highest BCUT2D eigenvalue weighted by Gasteiger charge is 2.38. The number of nitrogens with zero attached hydrogens (tertiary/aromatic N) is 3. The number of halogens is 3. The van der Waals surface area contributed by atoms with Crippen LogP contribution in [0.5, 0.6) is 0 Å². The molecule has 1 aromatic heterocycles. The highest BCUT2D eigenvalue weighted by atomic mass is 32.2. The van der Waals surface area contributed by atoms with E-state index >= 15 is 0 Å². The minimum absolute atomic E-state index is 0.0368. The molecule has 27 heavy (non-hydrogen) atoms. The number of aromatic nitrogens is 2. The van der Waals surface area contributed by atoms with Gasteiger partial charge in [0.25, 0.3) is 0 Å². The molecule has 0 aliphatic heterocycles. The number of carbonyl (C=O) groups excluding carboxylic acids is 1. The number of hydrogen-bond acceptors (Lipinski definition) is 6. The Morgan fingerprint density at radius 3 is 2.41 bits per heavy atom. The van der Waals surface area contributed by atoms with Gasteiger partial charge in [0, 0.05) is 18.2 Å². The third kappa shape index (κ3) is 4.72. The molecule has 1 aromatic carbocycles. The van der Waals surface area contributed by atoms with Crippen LogP contribution in [0.4, 0.5) is 13.2 Å². The summed E-state index contributed by atoms with van der Waals surface area (Å²) in [7, 11) is -2.14. The Bertz CT molecular complexity index is 935. The summed E-state index contributed by atoms with van der Waals surface area (Å²) in [4.78, 5) is 15.5. The Kier molecular flexibility index (Phi) is 5.08. The second kappa shape index (κ2) is 7.04. The largest absolute Gasteiger partial charge is 0.471 e. The van der Waals surface area contributed by atoms with Crippen LogP contribution >= 0.6 is 0 Å². The summed E-state index contributed by atoms with van der Waals surface area (Å²) in [5, 5.41) is 3.26. The van der Waals surface area contributed by atoms with Crippen LogP contribution in [0, 0.1) is 5.92 Å². The number of ketones is 1. The number of rotatable bonds is 7. The van der Waals surface area contributed by atoms with E-state index in [0.717, 1.165) is 17.1 Å². The van der Waals surface area contributed by atoms with Gasteiger partial charge in [-0.1, -0.05) is 29.4 Å². The van der Waals surface area contributed by atoms with Crippen molar-refractivity contribution in [2.45, 2.75) is 19.0 Å². The normalized spacial score (nSPS) is 15.3. The summed E-state index contributed by atoms with van der Waals surface area (Å²) in [6.45, 7) is -0.311. The smallest absolute Gasteiger partial charge is 0.329 e. The Hall–Kier alpha value is -2.27. The van der Waals surface area contributed by atoms with Crippen molar-refractivity contribution in [3.05, 3.63) is 35.7 Å². The summed E-state index contributed by atoms with van der Waals surface area (Å²) in [5.74, 6) is -1.93. The summed E-state index contributed by atoms with van der Waals surface area (Å²) in [5.41, 5.74) is 0.465. The zero-order valence-electron chi connectivity index (χ0n) is 14.2. The van der Waals surface area contributed by atoms with Gasteiger partial charge in [-0.2, -0.15) is 22.5 Å². The number of Topliss-reactive ketones (excluding diaryl/α,β-unsaturated/α-hetero) is 1. The number of likely N-dealkylation sites (N-methyl/N-ethyl adjacent to an activating group) is 1. The lowest BCUT2D eigenvalue weighted by atomic mass is 10.1. The molecule has 1 aliphatic rings. The molecule has 0 atom stereocenters. The van der Waals surface area contributed by atoms with Gasteiger partial charge < -0.3 is 4.52 Å². The van der Waals surface area contributed by atoms with E-state index < -0.39 is 27.9 Å². The molecule has 146 valence electrons.